The Balaban J connectivity index is 2.30. The molecular formula is C13H11ClN4. The van der Waals surface area contributed by atoms with Gasteiger partial charge < -0.3 is 5.73 Å². The smallest absolute Gasteiger partial charge is 0.157 e. The van der Waals surface area contributed by atoms with Crippen LogP contribution in [0.15, 0.2) is 36.5 Å². The van der Waals surface area contributed by atoms with E-state index in [1.165, 1.54) is 0 Å². The number of nitrogen functional groups attached to an aromatic ring is 1. The number of nitrogens with zero attached hydrogens (tertiary/aromatic N) is 3. The zero-order valence-electron chi connectivity index (χ0n) is 9.76. The average Bonchev–Trinajstić information content (AvgIpc) is 2.80. The van der Waals surface area contributed by atoms with Crippen LogP contribution in [-0.4, -0.2) is 14.6 Å². The Labute approximate surface area is 109 Å². The molecule has 2 aromatic heterocycles. The van der Waals surface area contributed by atoms with Crippen molar-refractivity contribution in [2.75, 3.05) is 5.73 Å². The molecule has 18 heavy (non-hydrogen) atoms. The third kappa shape index (κ3) is 1.62. The molecule has 0 aliphatic carbocycles. The molecule has 3 rings (SSSR count). The number of benzene rings is 1. The summed E-state index contributed by atoms with van der Waals surface area (Å²) in [5, 5.41) is 4.93. The molecule has 0 saturated carbocycles. The van der Waals surface area contributed by atoms with E-state index in [2.05, 4.69) is 10.1 Å². The maximum absolute atomic E-state index is 6.03. The maximum atomic E-state index is 6.03. The van der Waals surface area contributed by atoms with Crippen LogP contribution in [0.3, 0.4) is 0 Å². The van der Waals surface area contributed by atoms with Crippen molar-refractivity contribution < 1.29 is 0 Å². The Morgan fingerprint density at radius 1 is 1.17 bits per heavy atom. The summed E-state index contributed by atoms with van der Waals surface area (Å²) in [5.41, 5.74) is 9.62. The quantitative estimate of drug-likeness (QED) is 0.730. The van der Waals surface area contributed by atoms with Gasteiger partial charge in [0.15, 0.2) is 5.65 Å². The highest BCUT2D eigenvalue weighted by Crippen LogP contribution is 2.29. The first-order valence-electron chi connectivity index (χ1n) is 5.52. The maximum Gasteiger partial charge on any atom is 0.157 e. The molecule has 0 amide bonds. The molecule has 0 spiro atoms. The molecule has 90 valence electrons. The number of hydrogen-bond donors (Lipinski definition) is 1. The van der Waals surface area contributed by atoms with E-state index in [0.29, 0.717) is 10.8 Å². The van der Waals surface area contributed by atoms with Gasteiger partial charge in [-0.15, -0.1) is 0 Å². The van der Waals surface area contributed by atoms with Crippen LogP contribution in [0, 0.1) is 6.92 Å². The fourth-order valence-corrected chi connectivity index (χ4v) is 2.21. The lowest BCUT2D eigenvalue weighted by atomic mass is 10.1. The molecule has 2 heterocycles. The van der Waals surface area contributed by atoms with Gasteiger partial charge >= 0.3 is 0 Å². The summed E-state index contributed by atoms with van der Waals surface area (Å²) < 4.78 is 1.78. The van der Waals surface area contributed by atoms with Gasteiger partial charge in [0, 0.05) is 16.7 Å². The lowest BCUT2D eigenvalue weighted by molar-refractivity contribution is 0.900. The number of rotatable bonds is 1. The molecule has 5 heteroatoms. The third-order valence-electron chi connectivity index (χ3n) is 2.93. The first-order valence-corrected chi connectivity index (χ1v) is 5.90. The predicted molar refractivity (Wildman–Crippen MR) is 72.6 cm³/mol. The van der Waals surface area contributed by atoms with Crippen molar-refractivity contribution in [1.29, 1.82) is 0 Å². The largest absolute Gasteiger partial charge is 0.383 e. The molecule has 0 aliphatic rings. The van der Waals surface area contributed by atoms with E-state index in [1.54, 1.807) is 10.7 Å². The number of aromatic nitrogens is 3. The molecule has 4 nitrogen and oxygen atoms in total. The Hall–Kier alpha value is -2.07. The lowest BCUT2D eigenvalue weighted by Crippen LogP contribution is -2.04. The minimum atomic E-state index is 0.503. The molecule has 0 atom stereocenters. The molecule has 0 saturated heterocycles. The van der Waals surface area contributed by atoms with Gasteiger partial charge in [0.05, 0.1) is 11.9 Å². The zero-order valence-corrected chi connectivity index (χ0v) is 10.5. The molecule has 0 radical (unpaired) electrons. The highest BCUT2D eigenvalue weighted by Gasteiger charge is 2.12. The molecule has 0 unspecified atom stereocenters. The van der Waals surface area contributed by atoms with E-state index >= 15 is 0 Å². The minimum Gasteiger partial charge on any atom is -0.383 e. The predicted octanol–water partition coefficient (Wildman–Crippen LogP) is 2.94. The van der Waals surface area contributed by atoms with Crippen LogP contribution in [0.1, 0.15) is 5.69 Å². The normalized spacial score (nSPS) is 11.0. The van der Waals surface area contributed by atoms with Gasteiger partial charge in [-0.3, -0.25) is 0 Å². The fourth-order valence-electron chi connectivity index (χ4n) is 2.08. The Morgan fingerprint density at radius 3 is 2.61 bits per heavy atom. The zero-order chi connectivity index (χ0) is 12.7. The summed E-state index contributed by atoms with van der Waals surface area (Å²) in [4.78, 5) is 4.34. The van der Waals surface area contributed by atoms with Crippen LogP contribution in [0.5, 0.6) is 0 Å². The van der Waals surface area contributed by atoms with Crippen LogP contribution in [-0.2, 0) is 0 Å². The van der Waals surface area contributed by atoms with Crippen molar-refractivity contribution in [3.63, 3.8) is 0 Å². The van der Waals surface area contributed by atoms with Crippen LogP contribution in [0.4, 0.5) is 5.82 Å². The standard InChI is InChI=1S/C13H11ClN4/c1-8-12(9-2-4-10(14)5-3-9)13(15)17-11-6-7-16-18(8)11/h2-7H,1H3,(H2,15,17). The topological polar surface area (TPSA) is 56.2 Å². The number of fused-ring (bicyclic) bond motifs is 1. The van der Waals surface area contributed by atoms with Gasteiger partial charge in [-0.2, -0.15) is 5.10 Å². The van der Waals surface area contributed by atoms with Crippen molar-refractivity contribution in [2.24, 2.45) is 0 Å². The molecular weight excluding hydrogens is 248 g/mol. The van der Waals surface area contributed by atoms with Gasteiger partial charge in [0.25, 0.3) is 0 Å². The summed E-state index contributed by atoms with van der Waals surface area (Å²) in [6, 6.07) is 9.36. The summed E-state index contributed by atoms with van der Waals surface area (Å²) in [6.45, 7) is 1.97. The summed E-state index contributed by atoms with van der Waals surface area (Å²) in [5.74, 6) is 0.503. The lowest BCUT2D eigenvalue weighted by Gasteiger charge is -2.10. The summed E-state index contributed by atoms with van der Waals surface area (Å²) >= 11 is 5.89. The molecule has 2 N–H and O–H groups in total. The number of nitrogens with two attached hydrogens (primary N) is 1. The van der Waals surface area contributed by atoms with Gasteiger partial charge in [-0.1, -0.05) is 23.7 Å². The van der Waals surface area contributed by atoms with Crippen LogP contribution in [0.25, 0.3) is 16.8 Å². The summed E-state index contributed by atoms with van der Waals surface area (Å²) in [6.07, 6.45) is 1.71. The van der Waals surface area contributed by atoms with E-state index in [-0.39, 0.29) is 0 Å². The number of hydrogen-bond acceptors (Lipinski definition) is 3. The highest BCUT2D eigenvalue weighted by molar-refractivity contribution is 6.30. The van der Waals surface area contributed by atoms with Gasteiger partial charge in [-0.25, -0.2) is 9.50 Å². The van der Waals surface area contributed by atoms with Gasteiger partial charge in [-0.05, 0) is 24.6 Å². The third-order valence-corrected chi connectivity index (χ3v) is 3.18. The summed E-state index contributed by atoms with van der Waals surface area (Å²) in [7, 11) is 0. The molecule has 0 aliphatic heterocycles. The van der Waals surface area contributed by atoms with Crippen molar-refractivity contribution >= 4 is 23.1 Å². The monoisotopic (exact) mass is 258 g/mol. The number of halogens is 1. The fraction of sp³-hybridized carbons (Fsp3) is 0.0769. The van der Waals surface area contributed by atoms with E-state index < -0.39 is 0 Å². The van der Waals surface area contributed by atoms with E-state index in [1.807, 2.05) is 37.3 Å². The second-order valence-corrected chi connectivity index (χ2v) is 4.50. The van der Waals surface area contributed by atoms with Crippen molar-refractivity contribution in [2.45, 2.75) is 6.92 Å². The second-order valence-electron chi connectivity index (χ2n) is 4.07. The van der Waals surface area contributed by atoms with Crippen molar-refractivity contribution in [1.82, 2.24) is 14.6 Å². The van der Waals surface area contributed by atoms with Crippen LogP contribution in [0.2, 0.25) is 5.02 Å². The second kappa shape index (κ2) is 3.99. The van der Waals surface area contributed by atoms with Crippen LogP contribution < -0.4 is 5.73 Å². The van der Waals surface area contributed by atoms with Crippen LogP contribution >= 0.6 is 11.6 Å². The van der Waals surface area contributed by atoms with Gasteiger partial charge in [0.2, 0.25) is 0 Å². The van der Waals surface area contributed by atoms with Crippen molar-refractivity contribution in [3.05, 3.63) is 47.2 Å². The molecule has 0 fully saturated rings. The Morgan fingerprint density at radius 2 is 1.89 bits per heavy atom. The molecule has 0 bridgehead atoms. The van der Waals surface area contributed by atoms with E-state index in [0.717, 1.165) is 22.5 Å². The first-order chi connectivity index (χ1) is 8.66. The Kier molecular flexibility index (Phi) is 2.45. The number of aryl methyl sites for hydroxylation is 1. The first kappa shape index (κ1) is 11.0. The molecule has 3 aromatic rings. The SMILES string of the molecule is Cc1c(-c2ccc(Cl)cc2)c(N)nc2ccnn12. The number of anilines is 1. The average molecular weight is 259 g/mol. The molecule has 1 aromatic carbocycles. The highest BCUT2D eigenvalue weighted by atomic mass is 35.5. The minimum absolute atomic E-state index is 0.503. The Bertz CT molecular complexity index is 716. The van der Waals surface area contributed by atoms with Crippen molar-refractivity contribution in [3.8, 4) is 11.1 Å². The van der Waals surface area contributed by atoms with Gasteiger partial charge in [0.1, 0.15) is 5.82 Å². The van der Waals surface area contributed by atoms with E-state index in [4.69, 9.17) is 17.3 Å². The van der Waals surface area contributed by atoms with E-state index in [9.17, 15) is 0 Å².